The number of phenols is 1. The first kappa shape index (κ1) is 16.8. The highest BCUT2D eigenvalue weighted by molar-refractivity contribution is 6.30. The molecule has 0 radical (unpaired) electrons. The molecule has 0 saturated carbocycles. The number of halogens is 1. The summed E-state index contributed by atoms with van der Waals surface area (Å²) in [5.74, 6) is 0.287. The number of amides is 1. The summed E-state index contributed by atoms with van der Waals surface area (Å²) in [5, 5.41) is 10.5. The molecule has 0 aliphatic carbocycles. The molecule has 0 heterocycles. The lowest BCUT2D eigenvalue weighted by Crippen LogP contribution is -2.39. The minimum atomic E-state index is -0.0896. The van der Waals surface area contributed by atoms with Crippen molar-refractivity contribution in [2.24, 2.45) is 0 Å². The second kappa shape index (κ2) is 7.50. The van der Waals surface area contributed by atoms with Crippen LogP contribution in [0.2, 0.25) is 5.02 Å². The molecule has 0 fully saturated rings. The molecule has 5 heteroatoms. The molecular weight excluding hydrogens is 276 g/mol. The van der Waals surface area contributed by atoms with Crippen LogP contribution in [-0.2, 0) is 4.79 Å². The molecule has 20 heavy (non-hydrogen) atoms. The number of benzene rings is 1. The van der Waals surface area contributed by atoms with Crippen molar-refractivity contribution in [2.45, 2.75) is 26.8 Å². The molecule has 0 spiro atoms. The summed E-state index contributed by atoms with van der Waals surface area (Å²) in [5.41, 5.74) is 0.729. The van der Waals surface area contributed by atoms with Gasteiger partial charge in [-0.3, -0.25) is 9.69 Å². The van der Waals surface area contributed by atoms with Gasteiger partial charge in [0.1, 0.15) is 5.75 Å². The van der Waals surface area contributed by atoms with Crippen LogP contribution in [-0.4, -0.2) is 47.5 Å². The molecule has 0 aliphatic heterocycles. The quantitative estimate of drug-likeness (QED) is 0.878. The lowest BCUT2D eigenvalue weighted by Gasteiger charge is -2.28. The molecule has 0 aliphatic rings. The monoisotopic (exact) mass is 298 g/mol. The number of rotatable bonds is 6. The van der Waals surface area contributed by atoms with Crippen molar-refractivity contribution in [3.63, 3.8) is 0 Å². The van der Waals surface area contributed by atoms with Gasteiger partial charge < -0.3 is 10.0 Å². The molecule has 0 saturated heterocycles. The molecule has 1 amide bonds. The van der Waals surface area contributed by atoms with Crippen LogP contribution < -0.4 is 0 Å². The highest BCUT2D eigenvalue weighted by atomic mass is 35.5. The van der Waals surface area contributed by atoms with Gasteiger partial charge in [0.2, 0.25) is 5.91 Å². The van der Waals surface area contributed by atoms with Crippen molar-refractivity contribution in [2.75, 3.05) is 26.7 Å². The minimum Gasteiger partial charge on any atom is -0.508 e. The van der Waals surface area contributed by atoms with Gasteiger partial charge in [-0.05, 0) is 46.0 Å². The lowest BCUT2D eigenvalue weighted by atomic mass is 10.1. The van der Waals surface area contributed by atoms with E-state index < -0.39 is 0 Å². The molecule has 1 N–H and O–H groups in total. The van der Waals surface area contributed by atoms with Crippen LogP contribution in [0.4, 0.5) is 0 Å². The van der Waals surface area contributed by atoms with E-state index in [1.165, 1.54) is 0 Å². The Bertz CT molecular complexity index is 461. The maximum absolute atomic E-state index is 12.1. The van der Waals surface area contributed by atoms with Crippen molar-refractivity contribution in [3.05, 3.63) is 28.8 Å². The van der Waals surface area contributed by atoms with Crippen LogP contribution >= 0.6 is 11.6 Å². The zero-order valence-corrected chi connectivity index (χ0v) is 13.3. The number of hydrogen-bond donors (Lipinski definition) is 1. The van der Waals surface area contributed by atoms with Gasteiger partial charge in [0.05, 0.1) is 6.54 Å². The number of carbonyl (C=O) groups is 1. The van der Waals surface area contributed by atoms with Gasteiger partial charge in [-0.25, -0.2) is 0 Å². The first-order valence-electron chi connectivity index (χ1n) is 6.87. The van der Waals surface area contributed by atoms with E-state index >= 15 is 0 Å². The van der Waals surface area contributed by atoms with Gasteiger partial charge in [0.25, 0.3) is 0 Å². The van der Waals surface area contributed by atoms with Crippen molar-refractivity contribution in [3.8, 4) is 5.75 Å². The maximum Gasteiger partial charge on any atom is 0.236 e. The molecule has 1 rings (SSSR count). The summed E-state index contributed by atoms with van der Waals surface area (Å²) in [6.07, 6.45) is 0. The Morgan fingerprint density at radius 1 is 1.35 bits per heavy atom. The van der Waals surface area contributed by atoms with Gasteiger partial charge in [-0.2, -0.15) is 0 Å². The molecule has 1 atom stereocenters. The van der Waals surface area contributed by atoms with Crippen molar-refractivity contribution >= 4 is 17.5 Å². The number of phenolic OH excluding ortho intramolecular Hbond substituents is 1. The molecule has 1 aromatic carbocycles. The van der Waals surface area contributed by atoms with E-state index in [0.717, 1.165) is 5.56 Å². The minimum absolute atomic E-state index is 0.0888. The molecule has 1 unspecified atom stereocenters. The van der Waals surface area contributed by atoms with Gasteiger partial charge in [-0.15, -0.1) is 0 Å². The zero-order valence-electron chi connectivity index (χ0n) is 12.6. The Morgan fingerprint density at radius 2 is 1.95 bits per heavy atom. The normalized spacial score (nSPS) is 12.5. The van der Waals surface area contributed by atoms with Crippen LogP contribution in [0.1, 0.15) is 32.4 Å². The highest BCUT2D eigenvalue weighted by Crippen LogP contribution is 2.30. The van der Waals surface area contributed by atoms with Gasteiger partial charge in [-0.1, -0.05) is 11.6 Å². The standard InChI is InChI=1S/C15H23ClN2O2/c1-5-18(6-2)15(20)10-17(4)11(3)13-9-12(16)7-8-14(13)19/h7-9,11,19H,5-6,10H2,1-4H3. The van der Waals surface area contributed by atoms with Gasteiger partial charge >= 0.3 is 0 Å². The first-order valence-corrected chi connectivity index (χ1v) is 7.24. The first-order chi connectivity index (χ1) is 9.40. The Hall–Kier alpha value is -1.26. The summed E-state index contributed by atoms with van der Waals surface area (Å²) in [6.45, 7) is 7.61. The van der Waals surface area contributed by atoms with E-state index in [1.807, 2.05) is 32.7 Å². The van der Waals surface area contributed by atoms with Crippen LogP contribution in [0.15, 0.2) is 18.2 Å². The summed E-state index contributed by atoms with van der Waals surface area (Å²) in [4.78, 5) is 15.8. The third-order valence-electron chi connectivity index (χ3n) is 3.60. The summed E-state index contributed by atoms with van der Waals surface area (Å²) in [6, 6.07) is 4.87. The SMILES string of the molecule is CCN(CC)C(=O)CN(C)C(C)c1cc(Cl)ccc1O. The van der Waals surface area contributed by atoms with Crippen LogP contribution in [0.5, 0.6) is 5.75 Å². The number of carbonyl (C=O) groups excluding carboxylic acids is 1. The third kappa shape index (κ3) is 4.12. The molecule has 112 valence electrons. The maximum atomic E-state index is 12.1. The van der Waals surface area contributed by atoms with Crippen LogP contribution in [0.25, 0.3) is 0 Å². The van der Waals surface area contributed by atoms with E-state index in [0.29, 0.717) is 24.7 Å². The summed E-state index contributed by atoms with van der Waals surface area (Å²) < 4.78 is 0. The number of likely N-dealkylation sites (N-methyl/N-ethyl adjacent to an activating group) is 2. The number of nitrogens with zero attached hydrogens (tertiary/aromatic N) is 2. The number of hydrogen-bond acceptors (Lipinski definition) is 3. The van der Waals surface area contributed by atoms with Gasteiger partial charge in [0, 0.05) is 29.7 Å². The average molecular weight is 299 g/mol. The average Bonchev–Trinajstić information content (AvgIpc) is 2.42. The third-order valence-corrected chi connectivity index (χ3v) is 3.84. The topological polar surface area (TPSA) is 43.8 Å². The van der Waals surface area contributed by atoms with E-state index in [1.54, 1.807) is 23.1 Å². The predicted molar refractivity (Wildman–Crippen MR) is 82.1 cm³/mol. The summed E-state index contributed by atoms with van der Waals surface area (Å²) >= 11 is 5.96. The molecule has 0 bridgehead atoms. The zero-order chi connectivity index (χ0) is 15.3. The van der Waals surface area contributed by atoms with Crippen molar-refractivity contribution in [1.82, 2.24) is 9.80 Å². The Balaban J connectivity index is 2.79. The Morgan fingerprint density at radius 3 is 2.50 bits per heavy atom. The van der Waals surface area contributed by atoms with Gasteiger partial charge in [0.15, 0.2) is 0 Å². The Labute approximate surface area is 125 Å². The smallest absolute Gasteiger partial charge is 0.236 e. The number of aromatic hydroxyl groups is 1. The highest BCUT2D eigenvalue weighted by Gasteiger charge is 2.20. The van der Waals surface area contributed by atoms with Crippen LogP contribution in [0.3, 0.4) is 0 Å². The summed E-state index contributed by atoms with van der Waals surface area (Å²) in [7, 11) is 1.87. The second-order valence-corrected chi connectivity index (χ2v) is 5.30. The fourth-order valence-corrected chi connectivity index (χ4v) is 2.30. The van der Waals surface area contributed by atoms with E-state index in [2.05, 4.69) is 0 Å². The lowest BCUT2D eigenvalue weighted by molar-refractivity contribution is -0.132. The fourth-order valence-electron chi connectivity index (χ4n) is 2.12. The van der Waals surface area contributed by atoms with Crippen molar-refractivity contribution < 1.29 is 9.90 Å². The second-order valence-electron chi connectivity index (χ2n) is 4.86. The Kier molecular flexibility index (Phi) is 6.30. The molecule has 4 nitrogen and oxygen atoms in total. The van der Waals surface area contributed by atoms with Crippen LogP contribution in [0, 0.1) is 0 Å². The van der Waals surface area contributed by atoms with E-state index in [-0.39, 0.29) is 17.7 Å². The fraction of sp³-hybridized carbons (Fsp3) is 0.533. The molecular formula is C15H23ClN2O2. The predicted octanol–water partition coefficient (Wildman–Crippen LogP) is 2.91. The largest absolute Gasteiger partial charge is 0.508 e. The molecule has 1 aromatic rings. The van der Waals surface area contributed by atoms with E-state index in [9.17, 15) is 9.90 Å². The molecule has 0 aromatic heterocycles. The van der Waals surface area contributed by atoms with Crippen molar-refractivity contribution in [1.29, 1.82) is 0 Å². The van der Waals surface area contributed by atoms with E-state index in [4.69, 9.17) is 11.6 Å².